The molecular weight excluding hydrogens is 250 g/mol. The van der Waals surface area contributed by atoms with Crippen molar-refractivity contribution >= 4 is 5.97 Å². The summed E-state index contributed by atoms with van der Waals surface area (Å²) in [4.78, 5) is 11.4. The molecule has 0 unspecified atom stereocenters. The van der Waals surface area contributed by atoms with Crippen LogP contribution in [0.3, 0.4) is 0 Å². The molecule has 2 rings (SSSR count). The Hall–Kier alpha value is -2.03. The first-order chi connectivity index (χ1) is 9.40. The van der Waals surface area contributed by atoms with Crippen molar-refractivity contribution in [2.24, 2.45) is 5.92 Å². The average molecular weight is 271 g/mol. The van der Waals surface area contributed by atoms with Crippen LogP contribution in [0.15, 0.2) is 30.3 Å². The van der Waals surface area contributed by atoms with E-state index in [0.29, 0.717) is 18.2 Å². The molecule has 0 bridgehead atoms. The summed E-state index contributed by atoms with van der Waals surface area (Å²) in [5, 5.41) is 9.34. The summed E-state index contributed by atoms with van der Waals surface area (Å²) in [5.74, 6) is -0.480. The van der Waals surface area contributed by atoms with Crippen LogP contribution in [0.5, 0.6) is 0 Å². The second-order valence-electron chi connectivity index (χ2n) is 5.73. The molecule has 1 N–H and O–H groups in total. The van der Waals surface area contributed by atoms with Gasteiger partial charge in [-0.1, -0.05) is 31.5 Å². The minimum Gasteiger partial charge on any atom is -0.477 e. The number of carbonyl (C=O) groups is 1. The van der Waals surface area contributed by atoms with Gasteiger partial charge in [-0.25, -0.2) is 4.79 Å². The lowest BCUT2D eigenvalue weighted by molar-refractivity contribution is 0.0684. The number of rotatable bonds is 4. The van der Waals surface area contributed by atoms with E-state index in [1.165, 1.54) is 5.56 Å². The number of benzene rings is 1. The molecule has 1 aromatic carbocycles. The second kappa shape index (κ2) is 5.53. The number of nitrogens with zero attached hydrogens (tertiary/aromatic N) is 1. The van der Waals surface area contributed by atoms with Crippen molar-refractivity contribution in [3.63, 3.8) is 0 Å². The molecular formula is C17H21NO2. The lowest BCUT2D eigenvalue weighted by Gasteiger charge is -2.16. The molecule has 3 nitrogen and oxygen atoms in total. The first-order valence-electron chi connectivity index (χ1n) is 6.90. The lowest BCUT2D eigenvalue weighted by atomic mass is 10.0. The zero-order valence-corrected chi connectivity index (χ0v) is 12.5. The maximum Gasteiger partial charge on any atom is 0.352 e. The van der Waals surface area contributed by atoms with Crippen LogP contribution < -0.4 is 0 Å². The fourth-order valence-corrected chi connectivity index (χ4v) is 2.46. The Morgan fingerprint density at radius 2 is 1.90 bits per heavy atom. The molecule has 0 atom stereocenters. The van der Waals surface area contributed by atoms with Gasteiger partial charge in [0.15, 0.2) is 0 Å². The molecule has 0 saturated heterocycles. The van der Waals surface area contributed by atoms with Crippen LogP contribution in [0.25, 0.3) is 11.3 Å². The van der Waals surface area contributed by atoms with E-state index in [-0.39, 0.29) is 0 Å². The Morgan fingerprint density at radius 1 is 1.20 bits per heavy atom. The Kier molecular flexibility index (Phi) is 3.98. The smallest absolute Gasteiger partial charge is 0.352 e. The molecule has 0 amide bonds. The van der Waals surface area contributed by atoms with Gasteiger partial charge < -0.3 is 9.67 Å². The number of hydrogen-bond donors (Lipinski definition) is 1. The molecule has 0 spiro atoms. The van der Waals surface area contributed by atoms with Gasteiger partial charge in [0, 0.05) is 17.8 Å². The average Bonchev–Trinajstić information content (AvgIpc) is 2.75. The van der Waals surface area contributed by atoms with Gasteiger partial charge in [0.05, 0.1) is 0 Å². The normalized spacial score (nSPS) is 11.1. The second-order valence-corrected chi connectivity index (χ2v) is 5.73. The monoisotopic (exact) mass is 271 g/mol. The highest BCUT2D eigenvalue weighted by molar-refractivity contribution is 5.87. The van der Waals surface area contributed by atoms with Crippen LogP contribution >= 0.6 is 0 Å². The summed E-state index contributed by atoms with van der Waals surface area (Å²) in [7, 11) is 0. The Balaban J connectivity index is 2.61. The fourth-order valence-electron chi connectivity index (χ4n) is 2.46. The van der Waals surface area contributed by atoms with Crippen LogP contribution in [0, 0.1) is 19.8 Å². The molecule has 0 fully saturated rings. The van der Waals surface area contributed by atoms with Gasteiger partial charge in [-0.2, -0.15) is 0 Å². The molecule has 1 aromatic heterocycles. The molecule has 0 aliphatic carbocycles. The molecule has 0 radical (unpaired) electrons. The third-order valence-corrected chi connectivity index (χ3v) is 3.42. The molecule has 1 heterocycles. The van der Waals surface area contributed by atoms with E-state index in [9.17, 15) is 9.90 Å². The highest BCUT2D eigenvalue weighted by Crippen LogP contribution is 2.28. The minimum absolute atomic E-state index is 0.356. The number of aromatic carboxylic acids is 1. The van der Waals surface area contributed by atoms with E-state index >= 15 is 0 Å². The minimum atomic E-state index is -0.873. The van der Waals surface area contributed by atoms with Crippen molar-refractivity contribution in [1.29, 1.82) is 0 Å². The van der Waals surface area contributed by atoms with Gasteiger partial charge in [0.25, 0.3) is 0 Å². The van der Waals surface area contributed by atoms with Gasteiger partial charge in [-0.15, -0.1) is 0 Å². The zero-order valence-electron chi connectivity index (χ0n) is 12.5. The van der Waals surface area contributed by atoms with E-state index in [1.54, 1.807) is 6.07 Å². The molecule has 0 saturated carbocycles. The largest absolute Gasteiger partial charge is 0.477 e. The lowest BCUT2D eigenvalue weighted by Crippen LogP contribution is -2.13. The van der Waals surface area contributed by atoms with Crippen LogP contribution in [0.4, 0.5) is 0 Å². The van der Waals surface area contributed by atoms with Crippen molar-refractivity contribution in [1.82, 2.24) is 4.57 Å². The van der Waals surface area contributed by atoms with Crippen LogP contribution in [0.1, 0.15) is 35.5 Å². The summed E-state index contributed by atoms with van der Waals surface area (Å²) >= 11 is 0. The molecule has 20 heavy (non-hydrogen) atoms. The molecule has 2 aromatic rings. The Labute approximate surface area is 119 Å². The molecule has 3 heteroatoms. The van der Waals surface area contributed by atoms with Gasteiger partial charge in [-0.3, -0.25) is 0 Å². The fraction of sp³-hybridized carbons (Fsp3) is 0.353. The van der Waals surface area contributed by atoms with Crippen molar-refractivity contribution in [3.05, 3.63) is 47.2 Å². The van der Waals surface area contributed by atoms with Crippen molar-refractivity contribution in [2.45, 2.75) is 34.2 Å². The predicted molar refractivity (Wildman–Crippen MR) is 81.1 cm³/mol. The number of carboxylic acid groups (broad SMARTS) is 1. The van der Waals surface area contributed by atoms with Gasteiger partial charge in [0.1, 0.15) is 5.69 Å². The molecule has 106 valence electrons. The van der Waals surface area contributed by atoms with Crippen molar-refractivity contribution in [3.8, 4) is 11.3 Å². The zero-order chi connectivity index (χ0) is 14.9. The van der Waals surface area contributed by atoms with Crippen LogP contribution in [0.2, 0.25) is 0 Å². The molecule has 0 aliphatic rings. The maximum atomic E-state index is 11.4. The quantitative estimate of drug-likeness (QED) is 0.908. The summed E-state index contributed by atoms with van der Waals surface area (Å²) in [6.07, 6.45) is 0. The highest BCUT2D eigenvalue weighted by Gasteiger charge is 2.17. The van der Waals surface area contributed by atoms with E-state index in [4.69, 9.17) is 0 Å². The SMILES string of the molecule is Cc1ccc(C)c(-c2ccc(C(=O)O)n2CC(C)C)c1. The van der Waals surface area contributed by atoms with E-state index in [1.807, 2.05) is 10.6 Å². The summed E-state index contributed by atoms with van der Waals surface area (Å²) in [6, 6.07) is 9.88. The summed E-state index contributed by atoms with van der Waals surface area (Å²) in [6.45, 7) is 9.01. The Morgan fingerprint density at radius 3 is 2.50 bits per heavy atom. The standard InChI is InChI=1S/C17H21NO2/c1-11(2)10-18-15(7-8-16(18)17(19)20)14-9-12(3)5-6-13(14)4/h5-9,11H,10H2,1-4H3,(H,19,20). The topological polar surface area (TPSA) is 42.2 Å². The predicted octanol–water partition coefficient (Wildman–Crippen LogP) is 4.13. The van der Waals surface area contributed by atoms with Crippen LogP contribution in [-0.4, -0.2) is 15.6 Å². The number of hydrogen-bond acceptors (Lipinski definition) is 1. The Bertz CT molecular complexity index is 638. The number of carboxylic acids is 1. The van der Waals surface area contributed by atoms with E-state index in [2.05, 4.69) is 45.9 Å². The van der Waals surface area contributed by atoms with E-state index in [0.717, 1.165) is 16.8 Å². The first-order valence-corrected chi connectivity index (χ1v) is 6.90. The summed E-state index contributed by atoms with van der Waals surface area (Å²) < 4.78 is 1.91. The highest BCUT2D eigenvalue weighted by atomic mass is 16.4. The van der Waals surface area contributed by atoms with Crippen molar-refractivity contribution < 1.29 is 9.90 Å². The van der Waals surface area contributed by atoms with Gasteiger partial charge in [-0.05, 0) is 43.5 Å². The third-order valence-electron chi connectivity index (χ3n) is 3.42. The van der Waals surface area contributed by atoms with Crippen LogP contribution in [-0.2, 0) is 6.54 Å². The molecule has 0 aliphatic heterocycles. The maximum absolute atomic E-state index is 11.4. The van der Waals surface area contributed by atoms with Gasteiger partial charge in [0.2, 0.25) is 0 Å². The number of aromatic nitrogens is 1. The summed E-state index contributed by atoms with van der Waals surface area (Å²) in [5.41, 5.74) is 4.79. The van der Waals surface area contributed by atoms with Gasteiger partial charge >= 0.3 is 5.97 Å². The number of aryl methyl sites for hydroxylation is 2. The third kappa shape index (κ3) is 2.77. The van der Waals surface area contributed by atoms with E-state index < -0.39 is 5.97 Å². The van der Waals surface area contributed by atoms with Crippen molar-refractivity contribution in [2.75, 3.05) is 0 Å². The first kappa shape index (κ1) is 14.4.